The molecule has 19 heavy (non-hydrogen) atoms. The topological polar surface area (TPSA) is 87.2 Å². The molecule has 1 aromatic carbocycles. The molecule has 0 aromatic heterocycles. The molecule has 7 heteroatoms. The molecule has 6 nitrogen and oxygen atoms in total. The van der Waals surface area contributed by atoms with E-state index in [-0.39, 0.29) is 16.3 Å². The average Bonchev–Trinajstić information content (AvgIpc) is 2.86. The van der Waals surface area contributed by atoms with Crippen molar-refractivity contribution in [1.29, 1.82) is 5.26 Å². The third kappa shape index (κ3) is 2.51. The van der Waals surface area contributed by atoms with Gasteiger partial charge in [0.1, 0.15) is 11.6 Å². The lowest BCUT2D eigenvalue weighted by atomic mass is 10.1. The molecule has 2 rings (SSSR count). The Morgan fingerprint density at radius 1 is 1.58 bits per heavy atom. The molecule has 0 radical (unpaired) electrons. The highest BCUT2D eigenvalue weighted by Gasteiger charge is 2.32. The lowest BCUT2D eigenvalue weighted by Gasteiger charge is -2.19. The van der Waals surface area contributed by atoms with Crippen LogP contribution in [0.25, 0.3) is 0 Å². The summed E-state index contributed by atoms with van der Waals surface area (Å²) in [5.41, 5.74) is -0.363. The van der Waals surface area contributed by atoms with Gasteiger partial charge in [0, 0.05) is 17.6 Å². The largest absolute Gasteiger partial charge is 0.322 e. The van der Waals surface area contributed by atoms with E-state index in [9.17, 15) is 14.9 Å². The Morgan fingerprint density at radius 3 is 2.95 bits per heavy atom. The Balaban J connectivity index is 2.39. The van der Waals surface area contributed by atoms with Crippen LogP contribution in [0.1, 0.15) is 23.2 Å². The van der Waals surface area contributed by atoms with E-state index in [0.29, 0.717) is 13.0 Å². The van der Waals surface area contributed by atoms with Crippen molar-refractivity contribution < 1.29 is 9.72 Å². The summed E-state index contributed by atoms with van der Waals surface area (Å²) >= 11 is 5.70. The van der Waals surface area contributed by atoms with Crippen molar-refractivity contribution in [2.45, 2.75) is 18.9 Å². The molecule has 1 fully saturated rings. The average molecular weight is 280 g/mol. The molecule has 98 valence electrons. The molecule has 0 bridgehead atoms. The Bertz CT molecular complexity index is 582. The molecule has 0 saturated carbocycles. The smallest absolute Gasteiger partial charge is 0.283 e. The number of nitriles is 1. The molecular weight excluding hydrogens is 270 g/mol. The van der Waals surface area contributed by atoms with Gasteiger partial charge in [-0.3, -0.25) is 14.9 Å². The van der Waals surface area contributed by atoms with E-state index in [1.165, 1.54) is 17.0 Å². The Kier molecular flexibility index (Phi) is 3.67. The second-order valence-corrected chi connectivity index (χ2v) is 4.64. The lowest BCUT2D eigenvalue weighted by Crippen LogP contribution is -2.34. The van der Waals surface area contributed by atoms with Crippen molar-refractivity contribution in [3.8, 4) is 6.07 Å². The quantitative estimate of drug-likeness (QED) is 0.614. The summed E-state index contributed by atoms with van der Waals surface area (Å²) in [7, 11) is 0. The van der Waals surface area contributed by atoms with Crippen LogP contribution in [0.2, 0.25) is 5.02 Å². The van der Waals surface area contributed by atoms with Crippen LogP contribution < -0.4 is 0 Å². The van der Waals surface area contributed by atoms with Crippen LogP contribution in [0, 0.1) is 21.4 Å². The second kappa shape index (κ2) is 5.24. The number of nitro groups is 1. The minimum absolute atomic E-state index is 0.0310. The first-order valence-electron chi connectivity index (χ1n) is 5.69. The van der Waals surface area contributed by atoms with Crippen molar-refractivity contribution in [3.63, 3.8) is 0 Å². The highest BCUT2D eigenvalue weighted by molar-refractivity contribution is 6.31. The van der Waals surface area contributed by atoms with E-state index >= 15 is 0 Å². The zero-order valence-corrected chi connectivity index (χ0v) is 10.6. The van der Waals surface area contributed by atoms with Gasteiger partial charge in [-0.05, 0) is 25.0 Å². The summed E-state index contributed by atoms with van der Waals surface area (Å²) in [4.78, 5) is 24.0. The summed E-state index contributed by atoms with van der Waals surface area (Å²) in [5.74, 6) is -0.493. The molecule has 1 aliphatic heterocycles. The third-order valence-electron chi connectivity index (χ3n) is 3.05. The molecule has 0 N–H and O–H groups in total. The number of benzene rings is 1. The van der Waals surface area contributed by atoms with E-state index in [4.69, 9.17) is 16.9 Å². The van der Waals surface area contributed by atoms with Crippen LogP contribution in [-0.2, 0) is 0 Å². The zero-order valence-electron chi connectivity index (χ0n) is 9.88. The molecule has 1 amide bonds. The van der Waals surface area contributed by atoms with Crippen LogP contribution in [0.15, 0.2) is 18.2 Å². The maximum Gasteiger partial charge on any atom is 0.283 e. The Labute approximate surface area is 114 Å². The Hall–Kier alpha value is -2.13. The number of amides is 1. The predicted molar refractivity (Wildman–Crippen MR) is 67.8 cm³/mol. The normalized spacial score (nSPS) is 18.1. The first-order chi connectivity index (χ1) is 9.04. The minimum atomic E-state index is -0.642. The van der Waals surface area contributed by atoms with Gasteiger partial charge in [0.05, 0.1) is 11.0 Å². The Morgan fingerprint density at radius 2 is 2.32 bits per heavy atom. The predicted octanol–water partition coefficient (Wildman–Crippen LogP) is 2.38. The van der Waals surface area contributed by atoms with E-state index in [2.05, 4.69) is 0 Å². The van der Waals surface area contributed by atoms with Crippen molar-refractivity contribution in [1.82, 2.24) is 4.90 Å². The summed E-state index contributed by atoms with van der Waals surface area (Å²) in [6.45, 7) is 0.441. The van der Waals surface area contributed by atoms with Gasteiger partial charge in [0.2, 0.25) is 0 Å². The number of rotatable bonds is 2. The van der Waals surface area contributed by atoms with Crippen LogP contribution in [0.5, 0.6) is 0 Å². The highest BCUT2D eigenvalue weighted by atomic mass is 35.5. The summed E-state index contributed by atoms with van der Waals surface area (Å²) in [5, 5.41) is 20.1. The van der Waals surface area contributed by atoms with Gasteiger partial charge in [-0.1, -0.05) is 11.6 Å². The number of hydrogen-bond acceptors (Lipinski definition) is 4. The zero-order chi connectivity index (χ0) is 14.0. The summed E-state index contributed by atoms with van der Waals surface area (Å²) < 4.78 is 0. The number of hydrogen-bond donors (Lipinski definition) is 0. The van der Waals surface area contributed by atoms with Crippen molar-refractivity contribution in [3.05, 3.63) is 38.9 Å². The summed E-state index contributed by atoms with van der Waals surface area (Å²) in [6, 6.07) is 5.43. The van der Waals surface area contributed by atoms with Gasteiger partial charge in [-0.25, -0.2) is 0 Å². The van der Waals surface area contributed by atoms with E-state index in [1.54, 1.807) is 0 Å². The number of carbonyl (C=O) groups excluding carboxylic acids is 1. The van der Waals surface area contributed by atoms with E-state index in [1.807, 2.05) is 6.07 Å². The monoisotopic (exact) mass is 279 g/mol. The summed E-state index contributed by atoms with van der Waals surface area (Å²) in [6.07, 6.45) is 1.33. The molecule has 1 unspecified atom stereocenters. The first-order valence-corrected chi connectivity index (χ1v) is 6.07. The van der Waals surface area contributed by atoms with Gasteiger partial charge in [0.15, 0.2) is 0 Å². The molecule has 1 saturated heterocycles. The molecule has 1 aromatic rings. The molecule has 0 spiro atoms. The van der Waals surface area contributed by atoms with E-state index < -0.39 is 16.9 Å². The van der Waals surface area contributed by atoms with Crippen LogP contribution in [0.3, 0.4) is 0 Å². The van der Waals surface area contributed by atoms with E-state index in [0.717, 1.165) is 12.5 Å². The maximum atomic E-state index is 12.3. The fraction of sp³-hybridized carbons (Fsp3) is 0.333. The molecular formula is C12H10ClN3O3. The maximum absolute atomic E-state index is 12.3. The minimum Gasteiger partial charge on any atom is -0.322 e. The fourth-order valence-corrected chi connectivity index (χ4v) is 2.30. The highest BCUT2D eigenvalue weighted by Crippen LogP contribution is 2.27. The fourth-order valence-electron chi connectivity index (χ4n) is 2.14. The standard InChI is InChI=1S/C12H10ClN3O3/c13-8-3-4-10(11(6-8)16(18)19)12(17)15-5-1-2-9(15)7-14/h3-4,6,9H,1-2,5H2. The van der Waals surface area contributed by atoms with Crippen LogP contribution >= 0.6 is 11.6 Å². The van der Waals surface area contributed by atoms with Crippen molar-refractivity contribution >= 4 is 23.2 Å². The number of nitro benzene ring substituents is 1. The second-order valence-electron chi connectivity index (χ2n) is 4.20. The van der Waals surface area contributed by atoms with Gasteiger partial charge in [-0.15, -0.1) is 0 Å². The number of nitrogens with zero attached hydrogens (tertiary/aromatic N) is 3. The molecule has 0 aliphatic carbocycles. The number of halogens is 1. The molecule has 1 aliphatic rings. The van der Waals surface area contributed by atoms with Crippen molar-refractivity contribution in [2.24, 2.45) is 0 Å². The molecule has 1 heterocycles. The molecule has 1 atom stereocenters. The first kappa shape index (κ1) is 13.3. The number of carbonyl (C=O) groups is 1. The van der Waals surface area contributed by atoms with Gasteiger partial charge in [0.25, 0.3) is 11.6 Å². The van der Waals surface area contributed by atoms with Gasteiger partial charge < -0.3 is 4.90 Å². The SMILES string of the molecule is N#CC1CCCN1C(=O)c1ccc(Cl)cc1[N+](=O)[O-]. The van der Waals surface area contributed by atoms with Crippen LogP contribution in [0.4, 0.5) is 5.69 Å². The van der Waals surface area contributed by atoms with Gasteiger partial charge >= 0.3 is 0 Å². The lowest BCUT2D eigenvalue weighted by molar-refractivity contribution is -0.385. The van der Waals surface area contributed by atoms with Gasteiger partial charge in [-0.2, -0.15) is 5.26 Å². The van der Waals surface area contributed by atoms with Crippen molar-refractivity contribution in [2.75, 3.05) is 6.54 Å². The number of likely N-dealkylation sites (tertiary alicyclic amines) is 1. The van der Waals surface area contributed by atoms with Crippen LogP contribution in [-0.4, -0.2) is 28.3 Å². The third-order valence-corrected chi connectivity index (χ3v) is 3.28.